The Balaban J connectivity index is 1.58. The zero-order valence-electron chi connectivity index (χ0n) is 19.0. The van der Waals surface area contributed by atoms with Gasteiger partial charge >= 0.3 is 5.97 Å². The highest BCUT2D eigenvalue weighted by atomic mass is 35.5. The Morgan fingerprint density at radius 3 is 2.73 bits per heavy atom. The van der Waals surface area contributed by atoms with Crippen LogP contribution in [0.5, 0.6) is 0 Å². The number of anilines is 1. The van der Waals surface area contributed by atoms with E-state index in [0.717, 1.165) is 12.8 Å². The molecule has 1 amide bonds. The monoisotopic (exact) mass is 478 g/mol. The Kier molecular flexibility index (Phi) is 6.63. The number of hydrogen-bond acceptors (Lipinski definition) is 5. The number of carbonyl (C=O) groups excluding carboxylic acids is 2. The van der Waals surface area contributed by atoms with E-state index < -0.39 is 23.3 Å². The normalized spacial score (nSPS) is 20.6. The minimum absolute atomic E-state index is 0.0153. The van der Waals surface area contributed by atoms with Crippen molar-refractivity contribution in [2.24, 2.45) is 4.99 Å². The molecular weight excluding hydrogens is 451 g/mol. The second-order valence-corrected chi connectivity index (χ2v) is 9.80. The van der Waals surface area contributed by atoms with Gasteiger partial charge < -0.3 is 24.6 Å². The lowest BCUT2D eigenvalue weighted by Gasteiger charge is -2.31. The summed E-state index contributed by atoms with van der Waals surface area (Å²) in [5, 5.41) is 3.61. The van der Waals surface area contributed by atoms with Crippen molar-refractivity contribution in [2.45, 2.75) is 51.8 Å². The molecule has 1 aromatic carbocycles. The number of benzene rings is 1. The number of rotatable bonds is 4. The van der Waals surface area contributed by atoms with Crippen molar-refractivity contribution < 1.29 is 23.5 Å². The SMILES string of the molecule is CC(C)(C)OC(=O)CN1Cc2c(F)cc(N3CC(Cl)=CNC3=NC3CCOCC3)cc2C1=O. The maximum absolute atomic E-state index is 15.1. The van der Waals surface area contributed by atoms with Crippen LogP contribution in [0.15, 0.2) is 28.4 Å². The molecule has 10 heteroatoms. The Bertz CT molecular complexity index is 1010. The molecule has 0 radical (unpaired) electrons. The molecule has 8 nitrogen and oxygen atoms in total. The van der Waals surface area contributed by atoms with Crippen molar-refractivity contribution >= 4 is 35.1 Å². The van der Waals surface area contributed by atoms with Crippen LogP contribution in [-0.2, 0) is 20.8 Å². The summed E-state index contributed by atoms with van der Waals surface area (Å²) in [6.45, 7) is 6.62. The van der Waals surface area contributed by atoms with E-state index in [-0.39, 0.29) is 30.3 Å². The van der Waals surface area contributed by atoms with Crippen LogP contribution in [0.2, 0.25) is 0 Å². The smallest absolute Gasteiger partial charge is 0.326 e. The highest BCUT2D eigenvalue weighted by Gasteiger charge is 2.34. The van der Waals surface area contributed by atoms with E-state index in [9.17, 15) is 9.59 Å². The van der Waals surface area contributed by atoms with E-state index >= 15 is 4.39 Å². The molecule has 3 aliphatic rings. The number of carbonyl (C=O) groups is 2. The number of halogens is 2. The molecule has 0 atom stereocenters. The fraction of sp³-hybridized carbons (Fsp3) is 0.522. The first-order chi connectivity index (χ1) is 15.6. The predicted molar refractivity (Wildman–Crippen MR) is 123 cm³/mol. The Morgan fingerprint density at radius 2 is 2.03 bits per heavy atom. The molecule has 0 aromatic heterocycles. The van der Waals surface area contributed by atoms with E-state index in [1.807, 2.05) is 0 Å². The van der Waals surface area contributed by atoms with Crippen LogP contribution in [0.1, 0.15) is 49.5 Å². The van der Waals surface area contributed by atoms with Gasteiger partial charge in [0.1, 0.15) is 18.0 Å². The third kappa shape index (κ3) is 5.47. The van der Waals surface area contributed by atoms with Gasteiger partial charge in [0.25, 0.3) is 5.91 Å². The van der Waals surface area contributed by atoms with Gasteiger partial charge in [-0.1, -0.05) is 11.6 Å². The zero-order valence-corrected chi connectivity index (χ0v) is 19.7. The minimum atomic E-state index is -0.667. The summed E-state index contributed by atoms with van der Waals surface area (Å²) in [6, 6.07) is 3.09. The summed E-state index contributed by atoms with van der Waals surface area (Å²) in [4.78, 5) is 33.0. The summed E-state index contributed by atoms with van der Waals surface area (Å²) in [5.41, 5.74) is 0.286. The highest BCUT2D eigenvalue weighted by molar-refractivity contribution is 6.31. The van der Waals surface area contributed by atoms with Crippen LogP contribution in [0, 0.1) is 5.82 Å². The number of hydrogen-bond donors (Lipinski definition) is 1. The number of ether oxygens (including phenoxy) is 2. The molecule has 33 heavy (non-hydrogen) atoms. The average Bonchev–Trinajstić information content (AvgIpc) is 3.05. The van der Waals surface area contributed by atoms with E-state index in [4.69, 9.17) is 26.1 Å². The lowest BCUT2D eigenvalue weighted by Crippen LogP contribution is -2.45. The standard InChI is InChI=1S/C23H28ClFN4O4/c1-23(2,3)33-20(30)13-28-12-18-17(21(28)31)8-16(9-19(18)25)29-11-14(24)10-26-22(29)27-15-4-6-32-7-5-15/h8-10,15H,4-7,11-13H2,1-3H3,(H,26,27). The molecule has 0 spiro atoms. The Labute approximate surface area is 197 Å². The molecule has 0 saturated carbocycles. The first-order valence-electron chi connectivity index (χ1n) is 11.0. The molecule has 178 valence electrons. The molecule has 1 N–H and O–H groups in total. The van der Waals surface area contributed by atoms with E-state index in [0.29, 0.717) is 36.4 Å². The highest BCUT2D eigenvalue weighted by Crippen LogP contribution is 2.32. The molecule has 1 fully saturated rings. The van der Waals surface area contributed by atoms with Crippen molar-refractivity contribution in [1.82, 2.24) is 10.2 Å². The van der Waals surface area contributed by atoms with Crippen LogP contribution in [0.3, 0.4) is 0 Å². The van der Waals surface area contributed by atoms with Crippen molar-refractivity contribution in [1.29, 1.82) is 0 Å². The van der Waals surface area contributed by atoms with E-state index in [1.54, 1.807) is 37.9 Å². The number of nitrogens with one attached hydrogen (secondary N) is 1. The number of aliphatic imine (C=N–C) groups is 1. The van der Waals surface area contributed by atoms with Crippen LogP contribution in [-0.4, -0.2) is 60.7 Å². The van der Waals surface area contributed by atoms with Gasteiger partial charge in [0.05, 0.1) is 24.2 Å². The zero-order chi connectivity index (χ0) is 23.8. The van der Waals surface area contributed by atoms with Crippen molar-refractivity contribution in [3.8, 4) is 0 Å². The maximum atomic E-state index is 15.1. The molecule has 1 saturated heterocycles. The third-order valence-corrected chi connectivity index (χ3v) is 5.75. The largest absolute Gasteiger partial charge is 0.459 e. The molecule has 0 bridgehead atoms. The fourth-order valence-electron chi connectivity index (χ4n) is 4.02. The third-order valence-electron chi connectivity index (χ3n) is 5.52. The van der Waals surface area contributed by atoms with Gasteiger partial charge in [-0.25, -0.2) is 9.38 Å². The number of esters is 1. The summed E-state index contributed by atoms with van der Waals surface area (Å²) in [6.07, 6.45) is 3.26. The Morgan fingerprint density at radius 1 is 1.30 bits per heavy atom. The molecular formula is C23H28ClFN4O4. The number of nitrogens with zero attached hydrogens (tertiary/aromatic N) is 3. The summed E-state index contributed by atoms with van der Waals surface area (Å²) >= 11 is 6.25. The van der Waals surface area contributed by atoms with Gasteiger partial charge in [-0.05, 0) is 45.7 Å². The topological polar surface area (TPSA) is 83.5 Å². The lowest BCUT2D eigenvalue weighted by molar-refractivity contribution is -0.155. The quantitative estimate of drug-likeness (QED) is 0.669. The van der Waals surface area contributed by atoms with Gasteiger partial charge in [0.15, 0.2) is 0 Å². The number of guanidine groups is 1. The first kappa shape index (κ1) is 23.5. The van der Waals surface area contributed by atoms with Gasteiger partial charge in [-0.2, -0.15) is 0 Å². The van der Waals surface area contributed by atoms with Crippen LogP contribution in [0.4, 0.5) is 10.1 Å². The first-order valence-corrected chi connectivity index (χ1v) is 11.4. The fourth-order valence-corrected chi connectivity index (χ4v) is 4.19. The average molecular weight is 479 g/mol. The van der Waals surface area contributed by atoms with Crippen LogP contribution < -0.4 is 10.2 Å². The number of fused-ring (bicyclic) bond motifs is 1. The molecule has 0 unspecified atom stereocenters. The maximum Gasteiger partial charge on any atom is 0.326 e. The van der Waals surface area contributed by atoms with E-state index in [1.165, 1.54) is 11.0 Å². The second-order valence-electron chi connectivity index (χ2n) is 9.32. The molecule has 3 heterocycles. The second kappa shape index (κ2) is 9.30. The van der Waals surface area contributed by atoms with Crippen LogP contribution >= 0.6 is 11.6 Å². The van der Waals surface area contributed by atoms with Gasteiger partial charge in [-0.3, -0.25) is 9.59 Å². The van der Waals surface area contributed by atoms with Gasteiger partial charge in [-0.15, -0.1) is 0 Å². The van der Waals surface area contributed by atoms with Crippen molar-refractivity contribution in [3.05, 3.63) is 40.3 Å². The molecule has 0 aliphatic carbocycles. The number of amides is 1. The van der Waals surface area contributed by atoms with Crippen molar-refractivity contribution in [3.63, 3.8) is 0 Å². The van der Waals surface area contributed by atoms with E-state index in [2.05, 4.69) is 5.32 Å². The lowest BCUT2D eigenvalue weighted by atomic mass is 10.1. The predicted octanol–water partition coefficient (Wildman–Crippen LogP) is 3.15. The Hall–Kier alpha value is -2.65. The van der Waals surface area contributed by atoms with Crippen LogP contribution in [0.25, 0.3) is 0 Å². The van der Waals surface area contributed by atoms with Gasteiger partial charge in [0, 0.05) is 36.2 Å². The molecule has 1 aromatic rings. The summed E-state index contributed by atoms with van der Waals surface area (Å²) < 4.78 is 25.8. The minimum Gasteiger partial charge on any atom is -0.459 e. The molecule has 4 rings (SSSR count). The molecule has 3 aliphatic heterocycles. The van der Waals surface area contributed by atoms with Gasteiger partial charge in [0.2, 0.25) is 5.96 Å². The summed E-state index contributed by atoms with van der Waals surface area (Å²) in [7, 11) is 0. The summed E-state index contributed by atoms with van der Waals surface area (Å²) in [5.74, 6) is -0.918. The van der Waals surface area contributed by atoms with Crippen molar-refractivity contribution in [2.75, 3.05) is 31.2 Å².